The van der Waals surface area contributed by atoms with E-state index in [1.165, 1.54) is 6.20 Å². The number of alkyl halides is 1. The zero-order valence-electron chi connectivity index (χ0n) is 10.7. The molecule has 0 atom stereocenters. The van der Waals surface area contributed by atoms with E-state index in [0.717, 1.165) is 0 Å². The van der Waals surface area contributed by atoms with Crippen LogP contribution in [0.3, 0.4) is 0 Å². The van der Waals surface area contributed by atoms with Crippen LogP contribution < -0.4 is 4.72 Å². The van der Waals surface area contributed by atoms with Crippen molar-refractivity contribution in [2.75, 3.05) is 16.4 Å². The standard InChI is InChI=1S/C12H15ClN4O2S/c13-6-1-2-9-20(18,19)16-11-4-5-12(14-10-11)17-8-3-7-15-17/h3-5,7-8,10,16H,1-2,6,9H2. The molecule has 0 unspecified atom stereocenters. The summed E-state index contributed by atoms with van der Waals surface area (Å²) >= 11 is 5.52. The predicted molar refractivity (Wildman–Crippen MR) is 78.7 cm³/mol. The molecule has 6 nitrogen and oxygen atoms in total. The molecule has 8 heteroatoms. The predicted octanol–water partition coefficient (Wildman–Crippen LogP) is 2.03. The Morgan fingerprint density at radius 2 is 2.15 bits per heavy atom. The fourth-order valence-electron chi connectivity index (χ4n) is 1.60. The Bertz CT molecular complexity index is 626. The van der Waals surface area contributed by atoms with Crippen LogP contribution >= 0.6 is 11.6 Å². The molecule has 1 N–H and O–H groups in total. The molecule has 2 heterocycles. The first-order valence-corrected chi connectivity index (χ1v) is 8.32. The maximum Gasteiger partial charge on any atom is 0.232 e. The van der Waals surface area contributed by atoms with Gasteiger partial charge in [-0.25, -0.2) is 18.1 Å². The van der Waals surface area contributed by atoms with Gasteiger partial charge in [-0.05, 0) is 31.0 Å². The summed E-state index contributed by atoms with van der Waals surface area (Å²) in [6.07, 6.45) is 6.10. The van der Waals surface area contributed by atoms with E-state index in [-0.39, 0.29) is 5.75 Å². The van der Waals surface area contributed by atoms with Gasteiger partial charge >= 0.3 is 0 Å². The molecule has 2 aromatic heterocycles. The molecule has 0 bridgehead atoms. The van der Waals surface area contributed by atoms with Crippen molar-refractivity contribution in [3.05, 3.63) is 36.8 Å². The Balaban J connectivity index is 2.00. The Kier molecular flexibility index (Phi) is 4.97. The Hall–Kier alpha value is -1.60. The van der Waals surface area contributed by atoms with E-state index in [0.29, 0.717) is 30.2 Å². The number of anilines is 1. The number of halogens is 1. The molecule has 20 heavy (non-hydrogen) atoms. The summed E-state index contributed by atoms with van der Waals surface area (Å²) in [5.74, 6) is 1.15. The van der Waals surface area contributed by atoms with Gasteiger partial charge in [0.15, 0.2) is 5.82 Å². The van der Waals surface area contributed by atoms with Crippen molar-refractivity contribution in [3.63, 3.8) is 0 Å². The average molecular weight is 315 g/mol. The molecule has 0 aliphatic rings. The summed E-state index contributed by atoms with van der Waals surface area (Å²) < 4.78 is 27.7. The second-order valence-electron chi connectivity index (χ2n) is 4.17. The van der Waals surface area contributed by atoms with E-state index in [4.69, 9.17) is 11.6 Å². The first-order chi connectivity index (χ1) is 9.61. The van der Waals surface area contributed by atoms with Crippen LogP contribution in [0.4, 0.5) is 5.69 Å². The molecule has 0 aliphatic heterocycles. The highest BCUT2D eigenvalue weighted by Crippen LogP contribution is 2.11. The van der Waals surface area contributed by atoms with Crippen LogP contribution in [0.25, 0.3) is 5.82 Å². The van der Waals surface area contributed by atoms with Gasteiger partial charge in [0.25, 0.3) is 0 Å². The highest BCUT2D eigenvalue weighted by atomic mass is 35.5. The van der Waals surface area contributed by atoms with Gasteiger partial charge in [-0.2, -0.15) is 5.10 Å². The Morgan fingerprint density at radius 3 is 2.75 bits per heavy atom. The molecule has 0 aliphatic carbocycles. The number of rotatable bonds is 7. The summed E-state index contributed by atoms with van der Waals surface area (Å²) in [4.78, 5) is 4.15. The summed E-state index contributed by atoms with van der Waals surface area (Å²) in [6.45, 7) is 0. The van der Waals surface area contributed by atoms with Crippen molar-refractivity contribution in [1.82, 2.24) is 14.8 Å². The highest BCUT2D eigenvalue weighted by Gasteiger charge is 2.10. The zero-order valence-corrected chi connectivity index (χ0v) is 12.3. The smallest absolute Gasteiger partial charge is 0.232 e. The van der Waals surface area contributed by atoms with Crippen LogP contribution in [0.5, 0.6) is 0 Å². The van der Waals surface area contributed by atoms with Gasteiger partial charge in [-0.1, -0.05) is 0 Å². The number of aromatic nitrogens is 3. The molecule has 0 radical (unpaired) electrons. The molecule has 0 amide bonds. The monoisotopic (exact) mass is 314 g/mol. The number of pyridine rings is 1. The largest absolute Gasteiger partial charge is 0.282 e. The number of nitrogens with one attached hydrogen (secondary N) is 1. The lowest BCUT2D eigenvalue weighted by Crippen LogP contribution is -2.17. The van der Waals surface area contributed by atoms with Crippen LogP contribution in [0.15, 0.2) is 36.8 Å². The summed E-state index contributed by atoms with van der Waals surface area (Å²) in [5, 5.41) is 4.04. The van der Waals surface area contributed by atoms with Gasteiger partial charge in [0.2, 0.25) is 10.0 Å². The average Bonchev–Trinajstić information content (AvgIpc) is 2.93. The van der Waals surface area contributed by atoms with E-state index in [2.05, 4.69) is 14.8 Å². The number of sulfonamides is 1. The lowest BCUT2D eigenvalue weighted by Gasteiger charge is -2.08. The lowest BCUT2D eigenvalue weighted by atomic mass is 10.4. The van der Waals surface area contributed by atoms with Crippen molar-refractivity contribution in [2.45, 2.75) is 12.8 Å². The first-order valence-electron chi connectivity index (χ1n) is 6.13. The van der Waals surface area contributed by atoms with E-state index in [1.54, 1.807) is 35.3 Å². The second kappa shape index (κ2) is 6.71. The van der Waals surface area contributed by atoms with Crippen molar-refractivity contribution < 1.29 is 8.42 Å². The molecular formula is C12H15ClN4O2S. The van der Waals surface area contributed by atoms with E-state index >= 15 is 0 Å². The quantitative estimate of drug-likeness (QED) is 0.626. The number of hydrogen-bond acceptors (Lipinski definition) is 4. The molecule has 2 rings (SSSR count). The second-order valence-corrected chi connectivity index (χ2v) is 6.39. The highest BCUT2D eigenvalue weighted by molar-refractivity contribution is 7.92. The maximum atomic E-state index is 11.8. The van der Waals surface area contributed by atoms with Crippen LogP contribution in [0.2, 0.25) is 0 Å². The third-order valence-corrected chi connectivity index (χ3v) is 4.20. The fourth-order valence-corrected chi connectivity index (χ4v) is 2.96. The third-order valence-electron chi connectivity index (χ3n) is 2.56. The number of hydrogen-bond donors (Lipinski definition) is 1. The van der Waals surface area contributed by atoms with E-state index < -0.39 is 10.0 Å². The molecule has 2 aromatic rings. The molecule has 108 valence electrons. The van der Waals surface area contributed by atoms with Crippen molar-refractivity contribution >= 4 is 27.3 Å². The summed E-state index contributed by atoms with van der Waals surface area (Å²) in [6, 6.07) is 5.14. The normalized spacial score (nSPS) is 11.4. The molecule has 0 saturated heterocycles. The molecule has 0 saturated carbocycles. The maximum absolute atomic E-state index is 11.8. The SMILES string of the molecule is O=S(=O)(CCCCCl)Nc1ccc(-n2cccn2)nc1. The van der Waals surface area contributed by atoms with Crippen LogP contribution in [-0.2, 0) is 10.0 Å². The van der Waals surface area contributed by atoms with Crippen LogP contribution in [-0.4, -0.2) is 34.8 Å². The van der Waals surface area contributed by atoms with Gasteiger partial charge in [-0.15, -0.1) is 11.6 Å². The molecule has 0 fully saturated rings. The molecule has 0 spiro atoms. The fraction of sp³-hybridized carbons (Fsp3) is 0.333. The number of unbranched alkanes of at least 4 members (excludes halogenated alkanes) is 1. The Labute approximate surface area is 122 Å². The summed E-state index contributed by atoms with van der Waals surface area (Å²) in [7, 11) is -3.34. The minimum absolute atomic E-state index is 0.0562. The van der Waals surface area contributed by atoms with Crippen LogP contribution in [0, 0.1) is 0 Å². The summed E-state index contributed by atoms with van der Waals surface area (Å²) in [5.41, 5.74) is 0.437. The van der Waals surface area contributed by atoms with Gasteiger partial charge in [0.05, 0.1) is 17.6 Å². The molecule has 0 aromatic carbocycles. The lowest BCUT2D eigenvalue weighted by molar-refractivity contribution is 0.598. The minimum Gasteiger partial charge on any atom is -0.282 e. The number of nitrogens with zero attached hydrogens (tertiary/aromatic N) is 3. The van der Waals surface area contributed by atoms with Gasteiger partial charge in [0, 0.05) is 18.3 Å². The van der Waals surface area contributed by atoms with E-state index in [1.807, 2.05) is 0 Å². The zero-order chi connectivity index (χ0) is 14.4. The molecular weight excluding hydrogens is 300 g/mol. The van der Waals surface area contributed by atoms with Gasteiger partial charge < -0.3 is 0 Å². The van der Waals surface area contributed by atoms with Crippen molar-refractivity contribution in [2.24, 2.45) is 0 Å². The van der Waals surface area contributed by atoms with Crippen molar-refractivity contribution in [1.29, 1.82) is 0 Å². The van der Waals surface area contributed by atoms with Gasteiger partial charge in [-0.3, -0.25) is 4.72 Å². The minimum atomic E-state index is -3.34. The third kappa shape index (κ3) is 4.21. The van der Waals surface area contributed by atoms with Crippen LogP contribution in [0.1, 0.15) is 12.8 Å². The topological polar surface area (TPSA) is 76.9 Å². The van der Waals surface area contributed by atoms with Crippen molar-refractivity contribution in [3.8, 4) is 5.82 Å². The van der Waals surface area contributed by atoms with Gasteiger partial charge in [0.1, 0.15) is 0 Å². The first kappa shape index (κ1) is 14.8. The van der Waals surface area contributed by atoms with E-state index in [9.17, 15) is 8.42 Å². The Morgan fingerprint density at radius 1 is 1.30 bits per heavy atom.